The first-order valence-corrected chi connectivity index (χ1v) is 9.46. The van der Waals surface area contributed by atoms with Gasteiger partial charge in [-0.05, 0) is 37.7 Å². The number of piperazine rings is 1. The van der Waals surface area contributed by atoms with Crippen molar-refractivity contribution in [3.8, 4) is 0 Å². The molecule has 0 aliphatic carbocycles. The van der Waals surface area contributed by atoms with Gasteiger partial charge in [-0.25, -0.2) is 0 Å². The van der Waals surface area contributed by atoms with Crippen LogP contribution in [-0.2, 0) is 11.3 Å². The van der Waals surface area contributed by atoms with E-state index < -0.39 is 0 Å². The van der Waals surface area contributed by atoms with E-state index in [2.05, 4.69) is 34.1 Å². The molecule has 1 aliphatic rings. The van der Waals surface area contributed by atoms with Gasteiger partial charge in [-0.1, -0.05) is 48.0 Å². The van der Waals surface area contributed by atoms with Gasteiger partial charge in [0.1, 0.15) is 0 Å². The molecule has 0 aromatic heterocycles. The molecule has 0 radical (unpaired) electrons. The number of amides is 1. The standard InChI is InChI=1S/C21H26ClN3O/c1-17(23(2)16-18-8-6-7-11-20(18)22)21(26)25-14-12-24(13-15-25)19-9-4-3-5-10-19/h3-11,17H,12-16H2,1-2H3/t17-/m1/s1. The Morgan fingerprint density at radius 1 is 1.04 bits per heavy atom. The Bertz CT molecular complexity index is 729. The van der Waals surface area contributed by atoms with Crippen molar-refractivity contribution in [2.45, 2.75) is 19.5 Å². The summed E-state index contributed by atoms with van der Waals surface area (Å²) in [4.78, 5) is 19.3. The van der Waals surface area contributed by atoms with Crippen molar-refractivity contribution in [3.63, 3.8) is 0 Å². The third kappa shape index (κ3) is 4.37. The lowest BCUT2D eigenvalue weighted by molar-refractivity contribution is -0.136. The van der Waals surface area contributed by atoms with Gasteiger partial charge in [0.15, 0.2) is 0 Å². The predicted octanol–water partition coefficient (Wildman–Crippen LogP) is 3.51. The van der Waals surface area contributed by atoms with Gasteiger partial charge >= 0.3 is 0 Å². The van der Waals surface area contributed by atoms with Crippen LogP contribution in [0, 0.1) is 0 Å². The van der Waals surface area contributed by atoms with E-state index in [1.807, 2.05) is 49.2 Å². The molecule has 2 aromatic rings. The summed E-state index contributed by atoms with van der Waals surface area (Å²) in [5.74, 6) is 0.187. The molecule has 26 heavy (non-hydrogen) atoms. The third-order valence-corrected chi connectivity index (χ3v) is 5.48. The molecule has 2 aromatic carbocycles. The van der Waals surface area contributed by atoms with Crippen molar-refractivity contribution in [2.24, 2.45) is 0 Å². The van der Waals surface area contributed by atoms with Crippen LogP contribution < -0.4 is 4.90 Å². The Kier molecular flexibility index (Phi) is 6.17. The average molecular weight is 372 g/mol. The molecule has 138 valence electrons. The van der Waals surface area contributed by atoms with Crippen LogP contribution in [0.2, 0.25) is 5.02 Å². The molecule has 3 rings (SSSR count). The Balaban J connectivity index is 1.55. The number of hydrogen-bond donors (Lipinski definition) is 0. The minimum Gasteiger partial charge on any atom is -0.368 e. The molecule has 5 heteroatoms. The van der Waals surface area contributed by atoms with E-state index in [-0.39, 0.29) is 11.9 Å². The molecule has 1 saturated heterocycles. The van der Waals surface area contributed by atoms with Gasteiger partial charge in [0, 0.05) is 43.4 Å². The van der Waals surface area contributed by atoms with E-state index in [1.165, 1.54) is 5.69 Å². The van der Waals surface area contributed by atoms with Gasteiger partial charge in [0.25, 0.3) is 0 Å². The first kappa shape index (κ1) is 18.7. The lowest BCUT2D eigenvalue weighted by Crippen LogP contribution is -2.53. The maximum Gasteiger partial charge on any atom is 0.239 e. The molecular formula is C21H26ClN3O. The van der Waals surface area contributed by atoms with Crippen LogP contribution in [0.25, 0.3) is 0 Å². The summed E-state index contributed by atoms with van der Waals surface area (Å²) < 4.78 is 0. The van der Waals surface area contributed by atoms with E-state index in [1.54, 1.807) is 0 Å². The van der Waals surface area contributed by atoms with Crippen molar-refractivity contribution in [1.82, 2.24) is 9.80 Å². The summed E-state index contributed by atoms with van der Waals surface area (Å²) in [5, 5.41) is 0.746. The predicted molar refractivity (Wildman–Crippen MR) is 108 cm³/mol. The quantitative estimate of drug-likeness (QED) is 0.804. The van der Waals surface area contributed by atoms with Crippen LogP contribution in [0.3, 0.4) is 0 Å². The number of nitrogens with zero attached hydrogens (tertiary/aromatic N) is 3. The van der Waals surface area contributed by atoms with E-state index >= 15 is 0 Å². The van der Waals surface area contributed by atoms with Crippen LogP contribution in [0.15, 0.2) is 54.6 Å². The highest BCUT2D eigenvalue weighted by Gasteiger charge is 2.27. The zero-order valence-electron chi connectivity index (χ0n) is 15.4. The summed E-state index contributed by atoms with van der Waals surface area (Å²) >= 11 is 6.25. The molecule has 1 aliphatic heterocycles. The first-order valence-electron chi connectivity index (χ1n) is 9.08. The molecule has 0 unspecified atom stereocenters. The summed E-state index contributed by atoms with van der Waals surface area (Å²) in [7, 11) is 1.98. The van der Waals surface area contributed by atoms with Crippen molar-refractivity contribution in [3.05, 3.63) is 65.2 Å². The Morgan fingerprint density at radius 2 is 1.65 bits per heavy atom. The number of benzene rings is 2. The number of anilines is 1. The monoisotopic (exact) mass is 371 g/mol. The van der Waals surface area contributed by atoms with Gasteiger partial charge in [0.05, 0.1) is 6.04 Å². The van der Waals surface area contributed by atoms with Crippen LogP contribution in [0.4, 0.5) is 5.69 Å². The fraction of sp³-hybridized carbons (Fsp3) is 0.381. The fourth-order valence-corrected chi connectivity index (χ4v) is 3.50. The maximum absolute atomic E-state index is 12.9. The topological polar surface area (TPSA) is 26.8 Å². The highest BCUT2D eigenvalue weighted by molar-refractivity contribution is 6.31. The number of hydrogen-bond acceptors (Lipinski definition) is 3. The van der Waals surface area contributed by atoms with E-state index in [9.17, 15) is 4.79 Å². The molecule has 4 nitrogen and oxygen atoms in total. The maximum atomic E-state index is 12.9. The molecule has 0 bridgehead atoms. The Labute approximate surface area is 161 Å². The molecule has 0 saturated carbocycles. The third-order valence-electron chi connectivity index (χ3n) is 5.11. The van der Waals surface area contributed by atoms with Crippen LogP contribution in [0.5, 0.6) is 0 Å². The van der Waals surface area contributed by atoms with Gasteiger partial charge in [-0.3, -0.25) is 9.69 Å². The van der Waals surface area contributed by atoms with Gasteiger partial charge in [-0.2, -0.15) is 0 Å². The minimum absolute atomic E-state index is 0.172. The molecule has 1 heterocycles. The lowest BCUT2D eigenvalue weighted by atomic mass is 10.1. The number of carbonyl (C=O) groups is 1. The fourth-order valence-electron chi connectivity index (χ4n) is 3.31. The van der Waals surface area contributed by atoms with Gasteiger partial charge in [-0.15, -0.1) is 0 Å². The van der Waals surface area contributed by atoms with E-state index in [0.717, 1.165) is 36.8 Å². The number of para-hydroxylation sites is 1. The second-order valence-electron chi connectivity index (χ2n) is 6.83. The molecule has 0 N–H and O–H groups in total. The summed E-state index contributed by atoms with van der Waals surface area (Å²) in [6.07, 6.45) is 0. The van der Waals surface area contributed by atoms with Gasteiger partial charge < -0.3 is 9.80 Å². The molecule has 1 amide bonds. The lowest BCUT2D eigenvalue weighted by Gasteiger charge is -2.38. The van der Waals surface area contributed by atoms with Crippen LogP contribution in [0.1, 0.15) is 12.5 Å². The Hall–Kier alpha value is -2.04. The molecular weight excluding hydrogens is 346 g/mol. The number of carbonyl (C=O) groups excluding carboxylic acids is 1. The van der Waals surface area contributed by atoms with Crippen LogP contribution in [-0.4, -0.2) is 55.0 Å². The molecule has 1 fully saturated rings. The molecule has 0 spiro atoms. The zero-order valence-corrected chi connectivity index (χ0v) is 16.2. The summed E-state index contributed by atoms with van der Waals surface area (Å²) in [6, 6.07) is 18.0. The van der Waals surface area contributed by atoms with E-state index in [0.29, 0.717) is 6.54 Å². The highest BCUT2D eigenvalue weighted by atomic mass is 35.5. The van der Waals surface area contributed by atoms with E-state index in [4.69, 9.17) is 11.6 Å². The largest absolute Gasteiger partial charge is 0.368 e. The van der Waals surface area contributed by atoms with Crippen molar-refractivity contribution >= 4 is 23.2 Å². The SMILES string of the molecule is C[C@H](C(=O)N1CCN(c2ccccc2)CC1)N(C)Cc1ccccc1Cl. The normalized spacial score (nSPS) is 16.0. The average Bonchev–Trinajstić information content (AvgIpc) is 2.69. The highest BCUT2D eigenvalue weighted by Crippen LogP contribution is 2.19. The second kappa shape index (κ2) is 8.56. The Morgan fingerprint density at radius 3 is 2.31 bits per heavy atom. The van der Waals surface area contributed by atoms with Crippen molar-refractivity contribution < 1.29 is 4.79 Å². The molecule has 1 atom stereocenters. The minimum atomic E-state index is -0.172. The van der Waals surface area contributed by atoms with Crippen molar-refractivity contribution in [1.29, 1.82) is 0 Å². The van der Waals surface area contributed by atoms with Gasteiger partial charge in [0.2, 0.25) is 5.91 Å². The first-order chi connectivity index (χ1) is 12.6. The smallest absolute Gasteiger partial charge is 0.239 e. The number of rotatable bonds is 5. The number of halogens is 1. The summed E-state index contributed by atoms with van der Waals surface area (Å²) in [6.45, 7) is 5.91. The summed E-state index contributed by atoms with van der Waals surface area (Å²) in [5.41, 5.74) is 2.27. The van der Waals surface area contributed by atoms with Crippen LogP contribution >= 0.6 is 11.6 Å². The second-order valence-corrected chi connectivity index (χ2v) is 7.24. The number of likely N-dealkylation sites (N-methyl/N-ethyl adjacent to an activating group) is 1. The zero-order chi connectivity index (χ0) is 18.5. The van der Waals surface area contributed by atoms with Crippen molar-refractivity contribution in [2.75, 3.05) is 38.1 Å².